The third-order valence-electron chi connectivity index (χ3n) is 3.07. The summed E-state index contributed by atoms with van der Waals surface area (Å²) in [4.78, 5) is 0. The second-order valence-electron chi connectivity index (χ2n) is 4.50. The molecule has 2 aromatic rings. The van der Waals surface area contributed by atoms with Gasteiger partial charge in [-0.15, -0.1) is 0 Å². The molecule has 19 heavy (non-hydrogen) atoms. The predicted octanol–water partition coefficient (Wildman–Crippen LogP) is 4.33. The van der Waals surface area contributed by atoms with Gasteiger partial charge in [0.05, 0.1) is 0 Å². The standard InChI is InChI=1S/C16H18ClNO/c1-2-16(18)13-5-9-15(10-6-13)19-11-12-3-7-14(17)8-4-12/h3-10,16H,2,11,18H2,1H3/t16-/m0/s1. The highest BCUT2D eigenvalue weighted by Crippen LogP contribution is 2.19. The van der Waals surface area contributed by atoms with Crippen molar-refractivity contribution in [1.29, 1.82) is 0 Å². The fourth-order valence-electron chi connectivity index (χ4n) is 1.79. The fourth-order valence-corrected chi connectivity index (χ4v) is 1.92. The van der Waals surface area contributed by atoms with Crippen molar-refractivity contribution in [2.75, 3.05) is 0 Å². The Morgan fingerprint density at radius 1 is 1.05 bits per heavy atom. The second-order valence-corrected chi connectivity index (χ2v) is 4.94. The lowest BCUT2D eigenvalue weighted by molar-refractivity contribution is 0.306. The van der Waals surface area contributed by atoms with E-state index in [2.05, 4.69) is 6.92 Å². The van der Waals surface area contributed by atoms with E-state index in [9.17, 15) is 0 Å². The van der Waals surface area contributed by atoms with Gasteiger partial charge in [-0.1, -0.05) is 42.8 Å². The molecule has 0 spiro atoms. The lowest BCUT2D eigenvalue weighted by atomic mass is 10.1. The van der Waals surface area contributed by atoms with Gasteiger partial charge in [-0.2, -0.15) is 0 Å². The molecule has 0 aliphatic carbocycles. The van der Waals surface area contributed by atoms with Crippen LogP contribution >= 0.6 is 11.6 Å². The molecule has 0 saturated carbocycles. The summed E-state index contributed by atoms with van der Waals surface area (Å²) in [6.45, 7) is 2.62. The van der Waals surface area contributed by atoms with Crippen molar-refractivity contribution in [1.82, 2.24) is 0 Å². The minimum Gasteiger partial charge on any atom is -0.489 e. The first-order valence-corrected chi connectivity index (χ1v) is 6.79. The van der Waals surface area contributed by atoms with Crippen LogP contribution in [0, 0.1) is 0 Å². The second kappa shape index (κ2) is 6.60. The summed E-state index contributed by atoms with van der Waals surface area (Å²) in [5.74, 6) is 0.849. The van der Waals surface area contributed by atoms with Gasteiger partial charge in [0.15, 0.2) is 0 Å². The van der Waals surface area contributed by atoms with Crippen LogP contribution in [0.15, 0.2) is 48.5 Å². The smallest absolute Gasteiger partial charge is 0.119 e. The zero-order valence-electron chi connectivity index (χ0n) is 11.0. The molecular weight excluding hydrogens is 258 g/mol. The lowest BCUT2D eigenvalue weighted by Gasteiger charge is -2.11. The summed E-state index contributed by atoms with van der Waals surface area (Å²) >= 11 is 5.84. The van der Waals surface area contributed by atoms with Gasteiger partial charge in [-0.25, -0.2) is 0 Å². The largest absolute Gasteiger partial charge is 0.489 e. The van der Waals surface area contributed by atoms with Crippen LogP contribution in [0.4, 0.5) is 0 Å². The number of ether oxygens (including phenoxy) is 1. The third-order valence-corrected chi connectivity index (χ3v) is 3.32. The summed E-state index contributed by atoms with van der Waals surface area (Å²) in [6.07, 6.45) is 0.935. The van der Waals surface area contributed by atoms with Crippen LogP contribution in [0.1, 0.15) is 30.5 Å². The number of rotatable bonds is 5. The van der Waals surface area contributed by atoms with E-state index in [1.165, 1.54) is 0 Å². The monoisotopic (exact) mass is 275 g/mol. The van der Waals surface area contributed by atoms with Gasteiger partial charge >= 0.3 is 0 Å². The molecule has 0 aliphatic heterocycles. The average Bonchev–Trinajstić information content (AvgIpc) is 2.46. The number of hydrogen-bond donors (Lipinski definition) is 1. The summed E-state index contributed by atoms with van der Waals surface area (Å²) < 4.78 is 5.72. The Morgan fingerprint density at radius 3 is 2.26 bits per heavy atom. The van der Waals surface area contributed by atoms with Crippen LogP contribution in [0.2, 0.25) is 5.02 Å². The summed E-state index contributed by atoms with van der Waals surface area (Å²) in [6, 6.07) is 15.7. The molecule has 0 bridgehead atoms. The Labute approximate surface area is 119 Å². The van der Waals surface area contributed by atoms with Crippen molar-refractivity contribution in [3.63, 3.8) is 0 Å². The molecule has 2 nitrogen and oxygen atoms in total. The number of halogens is 1. The topological polar surface area (TPSA) is 35.2 Å². The van der Waals surface area contributed by atoms with E-state index in [0.717, 1.165) is 28.3 Å². The predicted molar refractivity (Wildman–Crippen MR) is 79.4 cm³/mol. The highest BCUT2D eigenvalue weighted by Gasteiger charge is 2.03. The van der Waals surface area contributed by atoms with Crippen molar-refractivity contribution >= 4 is 11.6 Å². The molecule has 0 saturated heterocycles. The van der Waals surface area contributed by atoms with E-state index in [-0.39, 0.29) is 6.04 Å². The molecule has 2 rings (SSSR count). The van der Waals surface area contributed by atoms with E-state index in [4.69, 9.17) is 22.1 Å². The maximum Gasteiger partial charge on any atom is 0.119 e. The normalized spacial score (nSPS) is 12.2. The molecule has 0 aliphatic rings. The Kier molecular flexibility index (Phi) is 4.83. The first-order chi connectivity index (χ1) is 9.19. The zero-order valence-corrected chi connectivity index (χ0v) is 11.7. The van der Waals surface area contributed by atoms with E-state index >= 15 is 0 Å². The van der Waals surface area contributed by atoms with Gasteiger partial charge in [-0.3, -0.25) is 0 Å². The summed E-state index contributed by atoms with van der Waals surface area (Å²) in [7, 11) is 0. The van der Waals surface area contributed by atoms with Gasteiger partial charge in [0, 0.05) is 11.1 Å². The number of hydrogen-bond acceptors (Lipinski definition) is 2. The van der Waals surface area contributed by atoms with E-state index < -0.39 is 0 Å². The Morgan fingerprint density at radius 2 is 1.68 bits per heavy atom. The van der Waals surface area contributed by atoms with Crippen molar-refractivity contribution in [2.24, 2.45) is 5.73 Å². The van der Waals surface area contributed by atoms with Crippen molar-refractivity contribution < 1.29 is 4.74 Å². The van der Waals surface area contributed by atoms with Gasteiger partial charge in [0.1, 0.15) is 12.4 Å². The van der Waals surface area contributed by atoms with Gasteiger partial charge < -0.3 is 10.5 Å². The number of nitrogens with two attached hydrogens (primary N) is 1. The molecule has 0 unspecified atom stereocenters. The Bertz CT molecular complexity index is 507. The minimum absolute atomic E-state index is 0.102. The highest BCUT2D eigenvalue weighted by molar-refractivity contribution is 6.30. The molecule has 100 valence electrons. The summed E-state index contributed by atoms with van der Waals surface area (Å²) in [5.41, 5.74) is 8.21. The van der Waals surface area contributed by atoms with Crippen LogP contribution in [-0.4, -0.2) is 0 Å². The first-order valence-electron chi connectivity index (χ1n) is 6.42. The van der Waals surface area contributed by atoms with Crippen molar-refractivity contribution in [3.05, 3.63) is 64.7 Å². The lowest BCUT2D eigenvalue weighted by Crippen LogP contribution is -2.08. The maximum atomic E-state index is 5.97. The molecule has 0 aromatic heterocycles. The van der Waals surface area contributed by atoms with Crippen LogP contribution in [-0.2, 0) is 6.61 Å². The highest BCUT2D eigenvalue weighted by atomic mass is 35.5. The molecule has 3 heteroatoms. The summed E-state index contributed by atoms with van der Waals surface area (Å²) in [5, 5.41) is 0.738. The van der Waals surface area contributed by atoms with E-state index in [1.807, 2.05) is 48.5 Å². The van der Waals surface area contributed by atoms with Gasteiger partial charge in [0.2, 0.25) is 0 Å². The van der Waals surface area contributed by atoms with Crippen molar-refractivity contribution in [2.45, 2.75) is 26.0 Å². The van der Waals surface area contributed by atoms with Crippen LogP contribution in [0.3, 0.4) is 0 Å². The van der Waals surface area contributed by atoms with Crippen LogP contribution in [0.5, 0.6) is 5.75 Å². The quantitative estimate of drug-likeness (QED) is 0.881. The van der Waals surface area contributed by atoms with E-state index in [1.54, 1.807) is 0 Å². The maximum absolute atomic E-state index is 5.97. The number of benzene rings is 2. The molecule has 2 N–H and O–H groups in total. The minimum atomic E-state index is 0.102. The Hall–Kier alpha value is -1.51. The molecule has 0 fully saturated rings. The molecule has 0 radical (unpaired) electrons. The molecule has 0 heterocycles. The molecule has 1 atom stereocenters. The van der Waals surface area contributed by atoms with E-state index in [0.29, 0.717) is 6.61 Å². The fraction of sp³-hybridized carbons (Fsp3) is 0.250. The SMILES string of the molecule is CC[C@H](N)c1ccc(OCc2ccc(Cl)cc2)cc1. The van der Waals surface area contributed by atoms with Crippen molar-refractivity contribution in [3.8, 4) is 5.75 Å². The molecule has 0 amide bonds. The average molecular weight is 276 g/mol. The van der Waals surface area contributed by atoms with Crippen LogP contribution in [0.25, 0.3) is 0 Å². The Balaban J connectivity index is 1.94. The molecular formula is C16H18ClNO. The van der Waals surface area contributed by atoms with Gasteiger partial charge in [-0.05, 0) is 41.8 Å². The van der Waals surface area contributed by atoms with Gasteiger partial charge in [0.25, 0.3) is 0 Å². The van der Waals surface area contributed by atoms with Crippen LogP contribution < -0.4 is 10.5 Å². The molecule has 2 aromatic carbocycles. The first kappa shape index (κ1) is 13.9. The zero-order chi connectivity index (χ0) is 13.7. The third kappa shape index (κ3) is 3.98.